The molecule has 0 aliphatic carbocycles. The van der Waals surface area contributed by atoms with E-state index in [9.17, 15) is 4.79 Å². The molecule has 1 saturated heterocycles. The maximum atomic E-state index is 11.3. The van der Waals surface area contributed by atoms with Gasteiger partial charge in [-0.05, 0) is 33.0 Å². The fourth-order valence-corrected chi connectivity index (χ4v) is 1.92. The van der Waals surface area contributed by atoms with Gasteiger partial charge in [0.2, 0.25) is 5.91 Å². The van der Waals surface area contributed by atoms with Gasteiger partial charge in [-0.1, -0.05) is 0 Å². The summed E-state index contributed by atoms with van der Waals surface area (Å²) in [5.41, 5.74) is 0. The Morgan fingerprint density at radius 3 is 2.54 bits per heavy atom. The highest BCUT2D eigenvalue weighted by atomic mass is 32.1. The molecule has 76 valence electrons. The van der Waals surface area contributed by atoms with Crippen LogP contribution in [0.5, 0.6) is 0 Å². The summed E-state index contributed by atoms with van der Waals surface area (Å²) in [4.78, 5) is 15.5. The summed E-state index contributed by atoms with van der Waals surface area (Å²) < 4.78 is 0. The van der Waals surface area contributed by atoms with Crippen LogP contribution >= 0.6 is 12.6 Å². The highest BCUT2D eigenvalue weighted by Gasteiger charge is 2.22. The van der Waals surface area contributed by atoms with E-state index < -0.39 is 0 Å². The molecule has 0 aromatic rings. The van der Waals surface area contributed by atoms with Crippen molar-refractivity contribution >= 4 is 18.5 Å². The Morgan fingerprint density at radius 2 is 2.08 bits per heavy atom. The lowest BCUT2D eigenvalue weighted by molar-refractivity contribution is -0.129. The van der Waals surface area contributed by atoms with E-state index in [1.165, 1.54) is 0 Å². The van der Waals surface area contributed by atoms with E-state index >= 15 is 0 Å². The molecule has 3 nitrogen and oxygen atoms in total. The van der Waals surface area contributed by atoms with E-state index in [0.29, 0.717) is 11.8 Å². The standard InChI is InChI=1S/C9H18N2OS/c1-10-5-3-8(4-6-10)11(2)9(12)7-13/h8,13H,3-7H2,1-2H3. The Bertz CT molecular complexity index is 178. The van der Waals surface area contributed by atoms with E-state index in [1.807, 2.05) is 11.9 Å². The van der Waals surface area contributed by atoms with Gasteiger partial charge in [0.05, 0.1) is 5.75 Å². The molecule has 0 aromatic carbocycles. The van der Waals surface area contributed by atoms with Crippen LogP contribution < -0.4 is 0 Å². The summed E-state index contributed by atoms with van der Waals surface area (Å²) in [5, 5.41) is 0. The number of thiol groups is 1. The number of rotatable bonds is 2. The zero-order valence-corrected chi connectivity index (χ0v) is 9.26. The second-order valence-corrected chi connectivity index (χ2v) is 4.01. The summed E-state index contributed by atoms with van der Waals surface area (Å²) in [6, 6.07) is 0.427. The Balaban J connectivity index is 2.39. The van der Waals surface area contributed by atoms with Crippen LogP contribution in [-0.4, -0.2) is 54.7 Å². The number of hydrogen-bond acceptors (Lipinski definition) is 3. The summed E-state index contributed by atoms with van der Waals surface area (Å²) >= 11 is 3.99. The molecule has 0 spiro atoms. The molecule has 0 unspecified atom stereocenters. The minimum absolute atomic E-state index is 0.137. The van der Waals surface area contributed by atoms with E-state index in [4.69, 9.17) is 0 Å². The Labute approximate surface area is 85.5 Å². The fraction of sp³-hybridized carbons (Fsp3) is 0.889. The Kier molecular flexibility index (Phi) is 4.06. The van der Waals surface area contributed by atoms with Crippen molar-refractivity contribution in [3.8, 4) is 0 Å². The van der Waals surface area contributed by atoms with Gasteiger partial charge in [0.25, 0.3) is 0 Å². The smallest absolute Gasteiger partial charge is 0.232 e. The van der Waals surface area contributed by atoms with E-state index in [-0.39, 0.29) is 5.91 Å². The first-order chi connectivity index (χ1) is 6.15. The predicted molar refractivity (Wildman–Crippen MR) is 57.1 cm³/mol. The molecule has 1 amide bonds. The Hall–Kier alpha value is -0.220. The minimum Gasteiger partial charge on any atom is -0.342 e. The van der Waals surface area contributed by atoms with Crippen LogP contribution in [0, 0.1) is 0 Å². The van der Waals surface area contributed by atoms with E-state index in [0.717, 1.165) is 25.9 Å². The maximum Gasteiger partial charge on any atom is 0.232 e. The normalized spacial score (nSPS) is 20.2. The lowest BCUT2D eigenvalue weighted by Gasteiger charge is -2.34. The first kappa shape index (κ1) is 10.9. The topological polar surface area (TPSA) is 23.6 Å². The summed E-state index contributed by atoms with van der Waals surface area (Å²) in [7, 11) is 4.01. The van der Waals surface area contributed by atoms with Gasteiger partial charge in [0.1, 0.15) is 0 Å². The van der Waals surface area contributed by atoms with E-state index in [2.05, 4.69) is 24.6 Å². The van der Waals surface area contributed by atoms with Crippen molar-refractivity contribution in [3.63, 3.8) is 0 Å². The van der Waals surface area contributed by atoms with Crippen molar-refractivity contribution in [3.05, 3.63) is 0 Å². The molecule has 1 fully saturated rings. The van der Waals surface area contributed by atoms with Crippen molar-refractivity contribution in [1.29, 1.82) is 0 Å². The van der Waals surface area contributed by atoms with Crippen LogP contribution in [0.3, 0.4) is 0 Å². The van der Waals surface area contributed by atoms with Crippen LogP contribution in [-0.2, 0) is 4.79 Å². The van der Waals surface area contributed by atoms with Gasteiger partial charge in [-0.25, -0.2) is 0 Å². The highest BCUT2D eigenvalue weighted by Crippen LogP contribution is 2.14. The Morgan fingerprint density at radius 1 is 1.54 bits per heavy atom. The van der Waals surface area contributed by atoms with Gasteiger partial charge in [-0.3, -0.25) is 4.79 Å². The molecule has 0 aromatic heterocycles. The molecule has 1 aliphatic heterocycles. The van der Waals surface area contributed by atoms with Crippen LogP contribution in [0.1, 0.15) is 12.8 Å². The molecular weight excluding hydrogens is 184 g/mol. The summed E-state index contributed by atoms with van der Waals surface area (Å²) in [6.07, 6.45) is 2.18. The average molecular weight is 202 g/mol. The minimum atomic E-state index is 0.137. The maximum absolute atomic E-state index is 11.3. The molecule has 1 aliphatic rings. The molecule has 1 rings (SSSR count). The number of carbonyl (C=O) groups excluding carboxylic acids is 1. The third-order valence-corrected chi connectivity index (χ3v) is 3.03. The van der Waals surface area contributed by atoms with Crippen LogP contribution in [0.15, 0.2) is 0 Å². The van der Waals surface area contributed by atoms with E-state index in [1.54, 1.807) is 0 Å². The SMILES string of the molecule is CN1CCC(N(C)C(=O)CS)CC1. The number of carbonyl (C=O) groups is 1. The highest BCUT2D eigenvalue weighted by molar-refractivity contribution is 7.81. The number of piperidine rings is 1. The molecular formula is C9H18N2OS. The first-order valence-corrected chi connectivity index (χ1v) is 5.33. The third-order valence-electron chi connectivity index (χ3n) is 2.76. The quantitative estimate of drug-likeness (QED) is 0.658. The molecule has 0 radical (unpaired) electrons. The molecule has 0 N–H and O–H groups in total. The van der Waals surface area contributed by atoms with Crippen molar-refractivity contribution in [2.45, 2.75) is 18.9 Å². The van der Waals surface area contributed by atoms with Crippen LogP contribution in [0.25, 0.3) is 0 Å². The van der Waals surface area contributed by atoms with Gasteiger partial charge in [0.15, 0.2) is 0 Å². The molecule has 0 saturated carbocycles. The number of likely N-dealkylation sites (tertiary alicyclic amines) is 1. The second-order valence-electron chi connectivity index (χ2n) is 3.70. The van der Waals surface area contributed by atoms with Crippen LogP contribution in [0.2, 0.25) is 0 Å². The fourth-order valence-electron chi connectivity index (χ4n) is 1.70. The van der Waals surface area contributed by atoms with Crippen molar-refractivity contribution in [2.24, 2.45) is 0 Å². The monoisotopic (exact) mass is 202 g/mol. The van der Waals surface area contributed by atoms with Crippen molar-refractivity contribution in [1.82, 2.24) is 9.80 Å². The van der Waals surface area contributed by atoms with Crippen molar-refractivity contribution < 1.29 is 4.79 Å². The number of hydrogen-bond donors (Lipinski definition) is 1. The number of nitrogens with zero attached hydrogens (tertiary/aromatic N) is 2. The average Bonchev–Trinajstić information content (AvgIpc) is 2.17. The van der Waals surface area contributed by atoms with Gasteiger partial charge in [-0.15, -0.1) is 0 Å². The molecule has 0 atom stereocenters. The largest absolute Gasteiger partial charge is 0.342 e. The summed E-state index contributed by atoms with van der Waals surface area (Å²) in [5.74, 6) is 0.459. The lowest BCUT2D eigenvalue weighted by atomic mass is 10.0. The number of amides is 1. The van der Waals surface area contributed by atoms with Crippen LogP contribution in [0.4, 0.5) is 0 Å². The zero-order valence-electron chi connectivity index (χ0n) is 8.36. The lowest BCUT2D eigenvalue weighted by Crippen LogP contribution is -2.44. The summed E-state index contributed by atoms with van der Waals surface area (Å²) in [6.45, 7) is 2.18. The van der Waals surface area contributed by atoms with Gasteiger partial charge in [0, 0.05) is 13.1 Å². The molecule has 1 heterocycles. The van der Waals surface area contributed by atoms with Gasteiger partial charge in [-0.2, -0.15) is 12.6 Å². The molecule has 13 heavy (non-hydrogen) atoms. The molecule has 0 bridgehead atoms. The molecule has 4 heteroatoms. The zero-order chi connectivity index (χ0) is 9.84. The predicted octanol–water partition coefficient (Wildman–Crippen LogP) is 0.469. The third kappa shape index (κ3) is 2.88. The van der Waals surface area contributed by atoms with Crippen molar-refractivity contribution in [2.75, 3.05) is 32.9 Å². The first-order valence-electron chi connectivity index (χ1n) is 4.70. The second kappa shape index (κ2) is 4.86. The van der Waals surface area contributed by atoms with Gasteiger partial charge < -0.3 is 9.80 Å². The van der Waals surface area contributed by atoms with Gasteiger partial charge >= 0.3 is 0 Å².